The molecular weight excluding hydrogens is 226 g/mol. The van der Waals surface area contributed by atoms with Crippen LogP contribution in [0.1, 0.15) is 36.1 Å². The number of aryl methyl sites for hydroxylation is 1. The van der Waals surface area contributed by atoms with Gasteiger partial charge in [0.1, 0.15) is 5.82 Å². The van der Waals surface area contributed by atoms with Gasteiger partial charge in [0.05, 0.1) is 24.0 Å². The summed E-state index contributed by atoms with van der Waals surface area (Å²) in [5, 5.41) is 0. The van der Waals surface area contributed by atoms with Gasteiger partial charge in [0.15, 0.2) is 0 Å². The summed E-state index contributed by atoms with van der Waals surface area (Å²) in [7, 11) is 0. The lowest BCUT2D eigenvalue weighted by molar-refractivity contribution is 0.238. The van der Waals surface area contributed by atoms with E-state index < -0.39 is 0 Å². The number of H-pyrrole nitrogens is 1. The molecule has 0 amide bonds. The van der Waals surface area contributed by atoms with E-state index in [1.165, 1.54) is 6.42 Å². The second-order valence-electron chi connectivity index (χ2n) is 4.75. The molecule has 18 heavy (non-hydrogen) atoms. The topological polar surface area (TPSA) is 57.7 Å². The van der Waals surface area contributed by atoms with Crippen molar-refractivity contribution in [2.75, 3.05) is 6.54 Å². The van der Waals surface area contributed by atoms with Crippen LogP contribution < -0.4 is 0 Å². The van der Waals surface area contributed by atoms with Crippen LogP contribution in [-0.4, -0.2) is 31.4 Å². The predicted octanol–water partition coefficient (Wildman–Crippen LogP) is 1.85. The Morgan fingerprint density at radius 1 is 1.44 bits per heavy atom. The standard InChI is InChI=1S/C13H17N5/c1-10-7-14-8-11(17-10)12-3-2-6-18(12)9-13-15-4-5-16-13/h4-5,7-8,12H,2-3,6,9H2,1H3,(H,15,16)/t12-/m1/s1. The fraction of sp³-hybridized carbons (Fsp3) is 0.462. The predicted molar refractivity (Wildman–Crippen MR) is 67.7 cm³/mol. The molecule has 3 rings (SSSR count). The van der Waals surface area contributed by atoms with Crippen LogP contribution in [-0.2, 0) is 6.54 Å². The highest BCUT2D eigenvalue weighted by atomic mass is 15.2. The van der Waals surface area contributed by atoms with E-state index in [9.17, 15) is 0 Å². The average Bonchev–Trinajstić information content (AvgIpc) is 3.01. The molecule has 1 fully saturated rings. The Labute approximate surface area is 106 Å². The van der Waals surface area contributed by atoms with Gasteiger partial charge >= 0.3 is 0 Å². The summed E-state index contributed by atoms with van der Waals surface area (Å²) in [5.41, 5.74) is 2.07. The first-order valence-corrected chi connectivity index (χ1v) is 6.34. The quantitative estimate of drug-likeness (QED) is 0.893. The van der Waals surface area contributed by atoms with Gasteiger partial charge in [0.25, 0.3) is 0 Å². The van der Waals surface area contributed by atoms with Crippen molar-refractivity contribution in [1.82, 2.24) is 24.8 Å². The lowest BCUT2D eigenvalue weighted by atomic mass is 10.1. The van der Waals surface area contributed by atoms with E-state index in [0.717, 1.165) is 36.7 Å². The minimum atomic E-state index is 0.377. The van der Waals surface area contributed by atoms with Gasteiger partial charge in [-0.3, -0.25) is 14.9 Å². The Kier molecular flexibility index (Phi) is 3.06. The van der Waals surface area contributed by atoms with E-state index in [1.54, 1.807) is 12.4 Å². The van der Waals surface area contributed by atoms with Crippen molar-refractivity contribution in [1.29, 1.82) is 0 Å². The molecule has 0 saturated carbocycles. The van der Waals surface area contributed by atoms with E-state index in [4.69, 9.17) is 0 Å². The fourth-order valence-corrected chi connectivity index (χ4v) is 2.57. The number of nitrogens with zero attached hydrogens (tertiary/aromatic N) is 4. The van der Waals surface area contributed by atoms with Crippen LogP contribution in [0, 0.1) is 6.92 Å². The molecule has 2 aromatic rings. The Hall–Kier alpha value is -1.75. The third-order valence-electron chi connectivity index (χ3n) is 3.39. The minimum absolute atomic E-state index is 0.377. The summed E-state index contributed by atoms with van der Waals surface area (Å²) in [6.45, 7) is 3.94. The van der Waals surface area contributed by atoms with E-state index in [1.807, 2.05) is 19.3 Å². The molecule has 2 aromatic heterocycles. The van der Waals surface area contributed by atoms with Crippen LogP contribution in [0.2, 0.25) is 0 Å². The zero-order valence-electron chi connectivity index (χ0n) is 10.5. The molecule has 3 heterocycles. The van der Waals surface area contributed by atoms with Crippen LogP contribution in [0.25, 0.3) is 0 Å². The van der Waals surface area contributed by atoms with Gasteiger partial charge in [-0.2, -0.15) is 0 Å². The van der Waals surface area contributed by atoms with Crippen molar-refractivity contribution >= 4 is 0 Å². The number of rotatable bonds is 3. The molecular formula is C13H17N5. The Balaban J connectivity index is 1.79. The molecule has 1 N–H and O–H groups in total. The SMILES string of the molecule is Cc1cncc([C@H]2CCCN2Cc2ncc[nH]2)n1. The number of imidazole rings is 1. The number of hydrogen-bond acceptors (Lipinski definition) is 4. The van der Waals surface area contributed by atoms with Crippen LogP contribution >= 0.6 is 0 Å². The van der Waals surface area contributed by atoms with Crippen molar-refractivity contribution < 1.29 is 0 Å². The third kappa shape index (κ3) is 2.26. The highest BCUT2D eigenvalue weighted by molar-refractivity contribution is 5.09. The highest BCUT2D eigenvalue weighted by Gasteiger charge is 2.27. The van der Waals surface area contributed by atoms with Crippen LogP contribution in [0.3, 0.4) is 0 Å². The number of aromatic amines is 1. The summed E-state index contributed by atoms with van der Waals surface area (Å²) in [6.07, 6.45) is 9.72. The monoisotopic (exact) mass is 243 g/mol. The van der Waals surface area contributed by atoms with Crippen molar-refractivity contribution in [3.63, 3.8) is 0 Å². The summed E-state index contributed by atoms with van der Waals surface area (Å²) in [5.74, 6) is 1.02. The molecule has 0 bridgehead atoms. The van der Waals surface area contributed by atoms with E-state index >= 15 is 0 Å². The average molecular weight is 243 g/mol. The molecule has 5 nitrogen and oxygen atoms in total. The van der Waals surface area contributed by atoms with Gasteiger partial charge in [0.2, 0.25) is 0 Å². The van der Waals surface area contributed by atoms with Crippen molar-refractivity contribution in [3.05, 3.63) is 42.0 Å². The van der Waals surface area contributed by atoms with Crippen molar-refractivity contribution in [3.8, 4) is 0 Å². The summed E-state index contributed by atoms with van der Waals surface area (Å²) >= 11 is 0. The molecule has 1 aliphatic rings. The van der Waals surface area contributed by atoms with Gasteiger partial charge in [-0.25, -0.2) is 4.98 Å². The second kappa shape index (κ2) is 4.86. The van der Waals surface area contributed by atoms with Crippen molar-refractivity contribution in [2.24, 2.45) is 0 Å². The van der Waals surface area contributed by atoms with Gasteiger partial charge in [-0.15, -0.1) is 0 Å². The van der Waals surface area contributed by atoms with E-state index in [0.29, 0.717) is 6.04 Å². The summed E-state index contributed by atoms with van der Waals surface area (Å²) in [4.78, 5) is 18.7. The Bertz CT molecular complexity index is 508. The van der Waals surface area contributed by atoms with Gasteiger partial charge < -0.3 is 4.98 Å². The first-order chi connectivity index (χ1) is 8.83. The molecule has 0 unspecified atom stereocenters. The molecule has 1 atom stereocenters. The molecule has 0 spiro atoms. The number of hydrogen-bond donors (Lipinski definition) is 1. The van der Waals surface area contributed by atoms with Crippen LogP contribution in [0.15, 0.2) is 24.8 Å². The molecule has 94 valence electrons. The second-order valence-corrected chi connectivity index (χ2v) is 4.75. The van der Waals surface area contributed by atoms with Gasteiger partial charge in [-0.1, -0.05) is 0 Å². The fourth-order valence-electron chi connectivity index (χ4n) is 2.57. The highest BCUT2D eigenvalue weighted by Crippen LogP contribution is 2.31. The van der Waals surface area contributed by atoms with Gasteiger partial charge in [0, 0.05) is 24.8 Å². The number of nitrogens with one attached hydrogen (secondary N) is 1. The van der Waals surface area contributed by atoms with Crippen LogP contribution in [0.4, 0.5) is 0 Å². The zero-order valence-corrected chi connectivity index (χ0v) is 10.5. The van der Waals surface area contributed by atoms with E-state index in [2.05, 4.69) is 24.8 Å². The third-order valence-corrected chi connectivity index (χ3v) is 3.39. The first-order valence-electron chi connectivity index (χ1n) is 6.34. The Morgan fingerprint density at radius 3 is 3.17 bits per heavy atom. The zero-order chi connectivity index (χ0) is 12.4. The summed E-state index contributed by atoms with van der Waals surface area (Å²) in [6, 6.07) is 0.377. The summed E-state index contributed by atoms with van der Waals surface area (Å²) < 4.78 is 0. The smallest absolute Gasteiger partial charge is 0.120 e. The molecule has 1 saturated heterocycles. The first kappa shape index (κ1) is 11.3. The Morgan fingerprint density at radius 2 is 2.39 bits per heavy atom. The normalized spacial score (nSPS) is 20.4. The molecule has 1 aliphatic heterocycles. The molecule has 5 heteroatoms. The minimum Gasteiger partial charge on any atom is -0.348 e. The maximum absolute atomic E-state index is 4.60. The molecule has 0 aromatic carbocycles. The lowest BCUT2D eigenvalue weighted by Crippen LogP contribution is -2.24. The van der Waals surface area contributed by atoms with Crippen molar-refractivity contribution in [2.45, 2.75) is 32.4 Å². The maximum atomic E-state index is 4.60. The van der Waals surface area contributed by atoms with Crippen LogP contribution in [0.5, 0.6) is 0 Å². The number of aromatic nitrogens is 4. The largest absolute Gasteiger partial charge is 0.348 e. The number of likely N-dealkylation sites (tertiary alicyclic amines) is 1. The van der Waals surface area contributed by atoms with E-state index in [-0.39, 0.29) is 0 Å². The molecule has 0 radical (unpaired) electrons. The van der Waals surface area contributed by atoms with Gasteiger partial charge in [-0.05, 0) is 26.3 Å². The lowest BCUT2D eigenvalue weighted by Gasteiger charge is -2.22. The molecule has 0 aliphatic carbocycles. The maximum Gasteiger partial charge on any atom is 0.120 e.